The van der Waals surface area contributed by atoms with Crippen LogP contribution in [-0.2, 0) is 26.2 Å². The van der Waals surface area contributed by atoms with Gasteiger partial charge in [-0.2, -0.15) is 0 Å². The number of ether oxygens (including phenoxy) is 1. The Morgan fingerprint density at radius 3 is 2.45 bits per heavy atom. The average molecular weight is 474 g/mol. The number of nitrogens with one attached hydrogen (secondary N) is 1. The van der Waals surface area contributed by atoms with Crippen LogP contribution in [0.1, 0.15) is 19.4 Å². The van der Waals surface area contributed by atoms with Gasteiger partial charge in [-0.1, -0.05) is 0 Å². The number of fused-ring (bicyclic) bond motifs is 1. The minimum absolute atomic E-state index is 0.0217. The molecule has 3 aromatic rings. The lowest BCUT2D eigenvalue weighted by atomic mass is 10.2. The van der Waals surface area contributed by atoms with Gasteiger partial charge in [0.1, 0.15) is 12.3 Å². The number of carboxylic acids is 1. The van der Waals surface area contributed by atoms with Crippen molar-refractivity contribution in [2.75, 3.05) is 24.4 Å². The Hall–Kier alpha value is -3.53. The van der Waals surface area contributed by atoms with Crippen LogP contribution in [0.5, 0.6) is 5.75 Å². The molecule has 3 rings (SSSR count). The van der Waals surface area contributed by atoms with Crippen molar-refractivity contribution in [2.24, 2.45) is 0 Å². The second kappa shape index (κ2) is 9.95. The summed E-state index contributed by atoms with van der Waals surface area (Å²) in [5, 5.41) is 9.53. The molecule has 0 spiro atoms. The Kier molecular flexibility index (Phi) is 7.27. The highest BCUT2D eigenvalue weighted by Crippen LogP contribution is 2.26. The third-order valence-electron chi connectivity index (χ3n) is 5.25. The van der Waals surface area contributed by atoms with Gasteiger partial charge in [-0.05, 0) is 68.8 Å². The molecule has 10 heteroatoms. The fourth-order valence-corrected chi connectivity index (χ4v) is 4.66. The lowest BCUT2D eigenvalue weighted by Gasteiger charge is -2.19. The number of carbonyl (C=O) groups excluding carboxylic acids is 1. The first-order valence-electron chi connectivity index (χ1n) is 10.5. The van der Waals surface area contributed by atoms with E-state index >= 15 is 0 Å². The molecular formula is C23H27N3O6S. The number of aromatic nitrogens is 1. The average Bonchev–Trinajstić information content (AvgIpc) is 3.15. The van der Waals surface area contributed by atoms with E-state index in [2.05, 4.69) is 4.72 Å². The van der Waals surface area contributed by atoms with Crippen molar-refractivity contribution in [3.63, 3.8) is 0 Å². The van der Waals surface area contributed by atoms with Crippen LogP contribution >= 0.6 is 0 Å². The lowest BCUT2D eigenvalue weighted by Crippen LogP contribution is -2.33. The number of aliphatic carboxylic acids is 1. The maximum atomic E-state index is 12.9. The molecule has 1 aromatic heterocycles. The third kappa shape index (κ3) is 5.64. The number of aryl methyl sites for hydroxylation is 1. The van der Waals surface area contributed by atoms with Crippen molar-refractivity contribution in [2.45, 2.75) is 32.2 Å². The van der Waals surface area contributed by atoms with Crippen molar-refractivity contribution in [3.8, 4) is 5.75 Å². The second-order valence-corrected chi connectivity index (χ2v) is 9.18. The molecule has 0 radical (unpaired) electrons. The van der Waals surface area contributed by atoms with E-state index in [4.69, 9.17) is 9.84 Å². The molecule has 0 saturated heterocycles. The molecule has 9 nitrogen and oxygen atoms in total. The predicted octanol–water partition coefficient (Wildman–Crippen LogP) is 3.08. The van der Waals surface area contributed by atoms with Crippen LogP contribution in [0.25, 0.3) is 10.9 Å². The molecule has 1 amide bonds. The van der Waals surface area contributed by atoms with Gasteiger partial charge in [0.25, 0.3) is 10.0 Å². The van der Waals surface area contributed by atoms with E-state index in [1.165, 1.54) is 18.2 Å². The van der Waals surface area contributed by atoms with E-state index in [0.29, 0.717) is 30.1 Å². The van der Waals surface area contributed by atoms with Crippen LogP contribution in [0.15, 0.2) is 53.6 Å². The molecule has 0 fully saturated rings. The van der Waals surface area contributed by atoms with Crippen LogP contribution in [0, 0.1) is 6.92 Å². The zero-order valence-corrected chi connectivity index (χ0v) is 19.6. The molecule has 0 bridgehead atoms. The molecule has 2 aromatic carbocycles. The maximum Gasteiger partial charge on any atom is 0.341 e. The van der Waals surface area contributed by atoms with Gasteiger partial charge in [0.15, 0.2) is 6.61 Å². The van der Waals surface area contributed by atoms with Crippen molar-refractivity contribution in [3.05, 3.63) is 54.2 Å². The highest BCUT2D eigenvalue weighted by Gasteiger charge is 2.17. The lowest BCUT2D eigenvalue weighted by molar-refractivity contribution is -0.139. The molecule has 176 valence electrons. The van der Waals surface area contributed by atoms with Gasteiger partial charge < -0.3 is 19.3 Å². The van der Waals surface area contributed by atoms with Crippen molar-refractivity contribution < 1.29 is 27.9 Å². The molecule has 0 unspecified atom stereocenters. The maximum absolute atomic E-state index is 12.9. The standard InChI is InChI=1S/C23H27N3O6S/c1-4-25(5-2)22(27)14-26-11-10-17-13-18(6-8-20(17)26)24-33(30,31)19-7-9-21(16(3)12-19)32-15-23(28)29/h6-13,24H,4-5,14-15H2,1-3H3,(H,28,29). The third-order valence-corrected chi connectivity index (χ3v) is 6.63. The van der Waals surface area contributed by atoms with Crippen LogP contribution < -0.4 is 9.46 Å². The number of hydrogen-bond acceptors (Lipinski definition) is 5. The number of anilines is 1. The Balaban J connectivity index is 1.78. The van der Waals surface area contributed by atoms with Gasteiger partial charge in [-0.3, -0.25) is 9.52 Å². The number of carbonyl (C=O) groups is 2. The molecule has 33 heavy (non-hydrogen) atoms. The number of sulfonamides is 1. The van der Waals surface area contributed by atoms with E-state index in [-0.39, 0.29) is 17.3 Å². The quantitative estimate of drug-likeness (QED) is 0.467. The SMILES string of the molecule is CCN(CC)C(=O)Cn1ccc2cc(NS(=O)(=O)c3ccc(OCC(=O)O)c(C)c3)ccc21. The number of rotatable bonds is 10. The van der Waals surface area contributed by atoms with Gasteiger partial charge >= 0.3 is 5.97 Å². The molecule has 0 aliphatic heterocycles. The van der Waals surface area contributed by atoms with Crippen molar-refractivity contribution in [1.29, 1.82) is 0 Å². The summed E-state index contributed by atoms with van der Waals surface area (Å²) in [6, 6.07) is 11.2. The van der Waals surface area contributed by atoms with Gasteiger partial charge in [0.05, 0.1) is 4.90 Å². The smallest absolute Gasteiger partial charge is 0.341 e. The van der Waals surface area contributed by atoms with Crippen LogP contribution in [0.4, 0.5) is 5.69 Å². The summed E-state index contributed by atoms with van der Waals surface area (Å²) in [6.07, 6.45) is 1.81. The summed E-state index contributed by atoms with van der Waals surface area (Å²) in [5.41, 5.74) is 1.72. The Bertz CT molecular complexity index is 1280. The van der Waals surface area contributed by atoms with E-state index < -0.39 is 22.6 Å². The molecule has 0 saturated carbocycles. The van der Waals surface area contributed by atoms with E-state index in [1.807, 2.05) is 30.7 Å². The number of amides is 1. The second-order valence-electron chi connectivity index (χ2n) is 7.50. The van der Waals surface area contributed by atoms with Crippen LogP contribution in [0.3, 0.4) is 0 Å². The van der Waals surface area contributed by atoms with E-state index in [9.17, 15) is 18.0 Å². The molecule has 2 N–H and O–H groups in total. The van der Waals surface area contributed by atoms with Crippen LogP contribution in [-0.4, -0.2) is 54.6 Å². The largest absolute Gasteiger partial charge is 0.482 e. The van der Waals surface area contributed by atoms with E-state index in [0.717, 1.165) is 10.9 Å². The van der Waals surface area contributed by atoms with Gasteiger partial charge in [0.2, 0.25) is 5.91 Å². The minimum Gasteiger partial charge on any atom is -0.482 e. The summed E-state index contributed by atoms with van der Waals surface area (Å²) >= 11 is 0. The summed E-state index contributed by atoms with van der Waals surface area (Å²) in [6.45, 7) is 6.51. The molecule has 1 heterocycles. The molecule has 0 aliphatic carbocycles. The van der Waals surface area contributed by atoms with Crippen LogP contribution in [0.2, 0.25) is 0 Å². The highest BCUT2D eigenvalue weighted by molar-refractivity contribution is 7.92. The molecule has 0 aliphatic rings. The Morgan fingerprint density at radius 2 is 1.82 bits per heavy atom. The number of likely N-dealkylation sites (N-methyl/N-ethyl adjacent to an activating group) is 1. The summed E-state index contributed by atoms with van der Waals surface area (Å²) in [4.78, 5) is 24.9. The first kappa shape index (κ1) is 24.1. The van der Waals surface area contributed by atoms with Gasteiger partial charge in [0, 0.05) is 35.9 Å². The fraction of sp³-hybridized carbons (Fsp3) is 0.304. The van der Waals surface area contributed by atoms with Gasteiger partial charge in [-0.15, -0.1) is 0 Å². The minimum atomic E-state index is -3.87. The zero-order valence-electron chi connectivity index (χ0n) is 18.7. The monoisotopic (exact) mass is 473 g/mol. The Labute approximate surface area is 192 Å². The fourth-order valence-electron chi connectivity index (χ4n) is 3.53. The normalized spacial score (nSPS) is 11.4. The first-order valence-corrected chi connectivity index (χ1v) is 12.0. The van der Waals surface area contributed by atoms with E-state index in [1.54, 1.807) is 30.0 Å². The Morgan fingerprint density at radius 1 is 1.09 bits per heavy atom. The number of nitrogens with zero attached hydrogens (tertiary/aromatic N) is 2. The molecule has 0 atom stereocenters. The predicted molar refractivity (Wildman–Crippen MR) is 125 cm³/mol. The summed E-state index contributed by atoms with van der Waals surface area (Å²) in [7, 11) is -3.87. The number of benzene rings is 2. The summed E-state index contributed by atoms with van der Waals surface area (Å²) in [5.74, 6) is -0.791. The highest BCUT2D eigenvalue weighted by atomic mass is 32.2. The zero-order chi connectivity index (χ0) is 24.2. The van der Waals surface area contributed by atoms with Gasteiger partial charge in [-0.25, -0.2) is 13.2 Å². The molecular weight excluding hydrogens is 446 g/mol. The van der Waals surface area contributed by atoms with Crippen molar-refractivity contribution in [1.82, 2.24) is 9.47 Å². The first-order chi connectivity index (χ1) is 15.6. The topological polar surface area (TPSA) is 118 Å². The number of hydrogen-bond donors (Lipinski definition) is 2. The number of carboxylic acid groups (broad SMARTS) is 1. The van der Waals surface area contributed by atoms with Crippen molar-refractivity contribution >= 4 is 38.5 Å². The summed E-state index contributed by atoms with van der Waals surface area (Å²) < 4.78 is 35.3.